The van der Waals surface area contributed by atoms with E-state index in [1.807, 2.05) is 30.3 Å². The lowest BCUT2D eigenvalue weighted by molar-refractivity contribution is -0.348. The highest BCUT2D eigenvalue weighted by Gasteiger charge is 2.33. The predicted molar refractivity (Wildman–Crippen MR) is 52.9 cm³/mol. The van der Waals surface area contributed by atoms with Gasteiger partial charge in [0.2, 0.25) is 0 Å². The molecule has 0 spiro atoms. The molecule has 0 bridgehead atoms. The average molecular weight is 210 g/mol. The van der Waals surface area contributed by atoms with Crippen molar-refractivity contribution in [2.75, 3.05) is 0 Å². The molecule has 1 N–H and O–H groups in total. The zero-order chi connectivity index (χ0) is 10.7. The number of benzene rings is 1. The third kappa shape index (κ3) is 2.35. The van der Waals surface area contributed by atoms with Crippen LogP contribution >= 0.6 is 0 Å². The third-order valence-corrected chi connectivity index (χ3v) is 2.60. The molecule has 1 fully saturated rings. The van der Waals surface area contributed by atoms with Crippen molar-refractivity contribution in [1.82, 2.24) is 0 Å². The summed E-state index contributed by atoms with van der Waals surface area (Å²) in [5.41, 5.74) is 1.07. The molecule has 0 radical (unpaired) electrons. The van der Waals surface area contributed by atoms with E-state index in [2.05, 4.69) is 4.89 Å². The van der Waals surface area contributed by atoms with Crippen molar-refractivity contribution in [1.29, 1.82) is 0 Å². The van der Waals surface area contributed by atoms with Crippen LogP contribution in [0.25, 0.3) is 0 Å². The van der Waals surface area contributed by atoms with Crippen LogP contribution in [0.15, 0.2) is 30.3 Å². The van der Waals surface area contributed by atoms with Crippen molar-refractivity contribution in [2.45, 2.75) is 31.7 Å². The Labute approximate surface area is 88.2 Å². The smallest absolute Gasteiger partial charge is 0.125 e. The second kappa shape index (κ2) is 4.72. The lowest BCUT2D eigenvalue weighted by Crippen LogP contribution is -2.23. The van der Waals surface area contributed by atoms with Crippen molar-refractivity contribution in [2.24, 2.45) is 0 Å². The summed E-state index contributed by atoms with van der Waals surface area (Å²) in [4.78, 5) is 14.5. The Balaban J connectivity index is 1.99. The number of rotatable bonds is 3. The molecule has 0 amide bonds. The van der Waals surface area contributed by atoms with Gasteiger partial charge in [-0.15, -0.1) is 0 Å². The second-order valence-electron chi connectivity index (χ2n) is 3.68. The lowest BCUT2D eigenvalue weighted by atomic mass is 10.0. The summed E-state index contributed by atoms with van der Waals surface area (Å²) in [5, 5.41) is 8.52. The maximum Gasteiger partial charge on any atom is 0.125 e. The van der Waals surface area contributed by atoms with E-state index in [1.54, 1.807) is 6.92 Å². The van der Waals surface area contributed by atoms with Crippen molar-refractivity contribution in [3.8, 4) is 0 Å². The summed E-state index contributed by atoms with van der Waals surface area (Å²) in [6.07, 6.45) is 0.0128. The summed E-state index contributed by atoms with van der Waals surface area (Å²) in [6.45, 7) is 1.74. The molecule has 3 atom stereocenters. The first-order chi connectivity index (χ1) is 7.31. The van der Waals surface area contributed by atoms with E-state index in [4.69, 9.17) is 15.0 Å². The van der Waals surface area contributed by atoms with Gasteiger partial charge in [-0.2, -0.15) is 0 Å². The molecule has 2 rings (SSSR count). The minimum absolute atomic E-state index is 0.0752. The molecule has 0 saturated carbocycles. The molecule has 82 valence electrons. The van der Waals surface area contributed by atoms with E-state index < -0.39 is 0 Å². The van der Waals surface area contributed by atoms with Gasteiger partial charge in [0.05, 0.1) is 0 Å². The predicted octanol–water partition coefficient (Wildman–Crippen LogP) is 2.33. The molecule has 1 aliphatic rings. The Morgan fingerprint density at radius 3 is 2.73 bits per heavy atom. The molecule has 1 aromatic rings. The largest absolute Gasteiger partial charge is 0.251 e. The summed E-state index contributed by atoms with van der Waals surface area (Å²) >= 11 is 0. The molecule has 0 aromatic heterocycles. The summed E-state index contributed by atoms with van der Waals surface area (Å²) in [6, 6.07) is 9.84. The Kier molecular flexibility index (Phi) is 3.33. The highest BCUT2D eigenvalue weighted by Crippen LogP contribution is 2.32. The fourth-order valence-electron chi connectivity index (χ4n) is 1.63. The third-order valence-electron chi connectivity index (χ3n) is 2.60. The molecule has 15 heavy (non-hydrogen) atoms. The first-order valence-corrected chi connectivity index (χ1v) is 4.98. The SMILES string of the molecule is CC(OO)C1CC(c2ccccc2)OO1. The van der Waals surface area contributed by atoms with E-state index in [0.717, 1.165) is 5.56 Å². The van der Waals surface area contributed by atoms with E-state index in [0.29, 0.717) is 6.42 Å². The fourth-order valence-corrected chi connectivity index (χ4v) is 1.63. The van der Waals surface area contributed by atoms with Gasteiger partial charge in [-0.1, -0.05) is 30.3 Å². The Hall–Kier alpha value is -0.940. The van der Waals surface area contributed by atoms with Gasteiger partial charge >= 0.3 is 0 Å². The van der Waals surface area contributed by atoms with Crippen LogP contribution in [0.2, 0.25) is 0 Å². The van der Waals surface area contributed by atoms with E-state index in [9.17, 15) is 0 Å². The maximum atomic E-state index is 8.52. The maximum absolute atomic E-state index is 8.52. The summed E-state index contributed by atoms with van der Waals surface area (Å²) in [5.74, 6) is 0. The molecule has 4 nitrogen and oxygen atoms in total. The summed E-state index contributed by atoms with van der Waals surface area (Å²) in [7, 11) is 0. The first-order valence-electron chi connectivity index (χ1n) is 4.98. The topological polar surface area (TPSA) is 47.9 Å². The standard InChI is InChI=1S/C11H14O4/c1-8(13-12)10-7-11(15-14-10)9-5-3-2-4-6-9/h2-6,8,10-12H,7H2,1H3. The van der Waals surface area contributed by atoms with Gasteiger partial charge in [-0.25, -0.2) is 14.7 Å². The molecule has 1 aromatic carbocycles. The molecule has 0 aliphatic carbocycles. The van der Waals surface area contributed by atoms with Crippen LogP contribution in [0, 0.1) is 0 Å². The van der Waals surface area contributed by atoms with Crippen LogP contribution in [0.1, 0.15) is 25.0 Å². The Morgan fingerprint density at radius 1 is 1.33 bits per heavy atom. The lowest BCUT2D eigenvalue weighted by Gasteiger charge is -2.11. The van der Waals surface area contributed by atoms with Crippen LogP contribution < -0.4 is 0 Å². The molecular formula is C11H14O4. The van der Waals surface area contributed by atoms with Crippen molar-refractivity contribution in [3.63, 3.8) is 0 Å². The zero-order valence-electron chi connectivity index (χ0n) is 8.50. The van der Waals surface area contributed by atoms with Crippen LogP contribution in [0.3, 0.4) is 0 Å². The van der Waals surface area contributed by atoms with Crippen LogP contribution in [0.5, 0.6) is 0 Å². The number of hydrogen-bond acceptors (Lipinski definition) is 4. The molecule has 1 aliphatic heterocycles. The van der Waals surface area contributed by atoms with E-state index in [1.165, 1.54) is 0 Å². The van der Waals surface area contributed by atoms with Crippen LogP contribution in [-0.4, -0.2) is 17.5 Å². The quantitative estimate of drug-likeness (QED) is 0.614. The second-order valence-corrected chi connectivity index (χ2v) is 3.68. The molecule has 4 heteroatoms. The minimum Gasteiger partial charge on any atom is -0.251 e. The normalized spacial score (nSPS) is 27.9. The van der Waals surface area contributed by atoms with Gasteiger partial charge in [0, 0.05) is 6.42 Å². The summed E-state index contributed by atoms with van der Waals surface area (Å²) < 4.78 is 0. The van der Waals surface area contributed by atoms with Crippen LogP contribution in [0.4, 0.5) is 0 Å². The fraction of sp³-hybridized carbons (Fsp3) is 0.455. The molecule has 1 saturated heterocycles. The van der Waals surface area contributed by atoms with E-state index in [-0.39, 0.29) is 18.3 Å². The Morgan fingerprint density at radius 2 is 2.07 bits per heavy atom. The van der Waals surface area contributed by atoms with Crippen molar-refractivity contribution in [3.05, 3.63) is 35.9 Å². The molecular weight excluding hydrogens is 196 g/mol. The van der Waals surface area contributed by atoms with Gasteiger partial charge in [0.15, 0.2) is 0 Å². The highest BCUT2D eigenvalue weighted by molar-refractivity contribution is 5.18. The van der Waals surface area contributed by atoms with Crippen molar-refractivity contribution >= 4 is 0 Å². The van der Waals surface area contributed by atoms with Gasteiger partial charge in [0.1, 0.15) is 18.3 Å². The van der Waals surface area contributed by atoms with Crippen molar-refractivity contribution < 1.29 is 19.9 Å². The van der Waals surface area contributed by atoms with Gasteiger partial charge in [-0.3, -0.25) is 5.26 Å². The zero-order valence-corrected chi connectivity index (χ0v) is 8.50. The molecule has 1 heterocycles. The van der Waals surface area contributed by atoms with E-state index >= 15 is 0 Å². The van der Waals surface area contributed by atoms with Crippen LogP contribution in [-0.2, 0) is 14.7 Å². The highest BCUT2D eigenvalue weighted by atomic mass is 17.2. The minimum atomic E-state index is -0.376. The van der Waals surface area contributed by atoms with Gasteiger partial charge in [-0.05, 0) is 12.5 Å². The Bertz CT molecular complexity index is 301. The van der Waals surface area contributed by atoms with Gasteiger partial charge in [0.25, 0.3) is 0 Å². The first kappa shape index (κ1) is 10.6. The monoisotopic (exact) mass is 210 g/mol. The molecule has 3 unspecified atom stereocenters. The average Bonchev–Trinajstić information content (AvgIpc) is 2.78. The number of hydrogen-bond donors (Lipinski definition) is 1. The van der Waals surface area contributed by atoms with Gasteiger partial charge < -0.3 is 0 Å².